The summed E-state index contributed by atoms with van der Waals surface area (Å²) in [4.78, 5) is 10.7. The first-order valence-electron chi connectivity index (χ1n) is 20.8. The summed E-state index contributed by atoms with van der Waals surface area (Å²) < 4.78 is 47.1. The highest BCUT2D eigenvalue weighted by molar-refractivity contribution is 5.66. The first-order chi connectivity index (χ1) is 28.0. The number of aliphatic hydroxyl groups excluding tert-OH is 11. The van der Waals surface area contributed by atoms with E-state index in [-0.39, 0.29) is 6.42 Å². The van der Waals surface area contributed by atoms with E-state index >= 15 is 0 Å². The third kappa shape index (κ3) is 13.1. The number of ether oxygens (including phenoxy) is 8. The van der Waals surface area contributed by atoms with Crippen LogP contribution in [0.15, 0.2) is 0 Å². The Morgan fingerprint density at radius 2 is 0.983 bits per heavy atom. The van der Waals surface area contributed by atoms with Crippen LogP contribution in [-0.2, 0) is 42.7 Å². The lowest BCUT2D eigenvalue weighted by atomic mass is 9.96. The maximum Gasteiger partial charge on any atom is 0.303 e. The van der Waals surface area contributed by atoms with Crippen LogP contribution < -0.4 is 0 Å². The zero-order valence-electron chi connectivity index (χ0n) is 33.9. The van der Waals surface area contributed by atoms with E-state index in [0.29, 0.717) is 25.7 Å². The van der Waals surface area contributed by atoms with Crippen LogP contribution >= 0.6 is 0 Å². The Kier molecular flexibility index (Phi) is 20.4. The van der Waals surface area contributed by atoms with Crippen molar-refractivity contribution in [2.45, 2.75) is 220 Å². The third-order valence-electron chi connectivity index (χ3n) is 11.5. The van der Waals surface area contributed by atoms with Crippen molar-refractivity contribution in [1.29, 1.82) is 0 Å². The zero-order valence-corrected chi connectivity index (χ0v) is 33.9. The lowest BCUT2D eigenvalue weighted by Crippen LogP contribution is -2.67. The van der Waals surface area contributed by atoms with Gasteiger partial charge in [0.05, 0.1) is 31.5 Å². The van der Waals surface area contributed by atoms with E-state index in [1.807, 2.05) is 6.92 Å². The summed E-state index contributed by atoms with van der Waals surface area (Å²) in [5.41, 5.74) is 0. The van der Waals surface area contributed by atoms with Gasteiger partial charge in [-0.1, -0.05) is 51.9 Å². The second-order valence-corrected chi connectivity index (χ2v) is 16.0. The maximum absolute atomic E-state index is 11.4. The van der Waals surface area contributed by atoms with Gasteiger partial charge in [0.2, 0.25) is 0 Å². The van der Waals surface area contributed by atoms with Crippen LogP contribution in [0.4, 0.5) is 0 Å². The largest absolute Gasteiger partial charge is 0.481 e. The quantitative estimate of drug-likeness (QED) is 0.0486. The molecular weight excluding hydrogens is 792 g/mol. The zero-order chi connectivity index (χ0) is 43.6. The standard InChI is InChI=1S/C38H68O21/c1-4-12-19(13-10-8-6-5-7-9-11-14-22(41)42)54-37-33(28(48)25(45)20(15-39)55-37)59-38-34(29(49)26(46)21(16-40)56-38)58-36-31(51)32(24(44)18(3)53-36)57-35-30(50)27(47)23(43)17(2)52-35/h17-21,23-40,43-51H,4-16H2,1-3H3,(H,41,42)/t17-,18-,19-,20+,21+,23-,24-,25+,26+,27+,28-,29-,30+,31+,32+,33+,34+,35-,36-,37+,38-/m0/s1. The molecule has 4 aliphatic heterocycles. The summed E-state index contributed by atoms with van der Waals surface area (Å²) in [6, 6.07) is 0. The van der Waals surface area contributed by atoms with E-state index in [1.165, 1.54) is 13.8 Å². The van der Waals surface area contributed by atoms with Crippen molar-refractivity contribution < 1.29 is 104 Å². The fourth-order valence-corrected chi connectivity index (χ4v) is 7.81. The molecule has 59 heavy (non-hydrogen) atoms. The number of aliphatic hydroxyl groups is 11. The molecule has 21 heteroatoms. The molecule has 4 rings (SSSR count). The van der Waals surface area contributed by atoms with Crippen molar-refractivity contribution in [3.05, 3.63) is 0 Å². The lowest BCUT2D eigenvalue weighted by Gasteiger charge is -2.49. The van der Waals surface area contributed by atoms with E-state index in [0.717, 1.165) is 38.5 Å². The predicted molar refractivity (Wildman–Crippen MR) is 198 cm³/mol. The fraction of sp³-hybridized carbons (Fsp3) is 0.974. The van der Waals surface area contributed by atoms with E-state index in [9.17, 15) is 61.0 Å². The van der Waals surface area contributed by atoms with Gasteiger partial charge in [-0.2, -0.15) is 0 Å². The number of aliphatic carboxylic acids is 1. The molecular formula is C38H68O21. The molecule has 0 aromatic carbocycles. The third-order valence-corrected chi connectivity index (χ3v) is 11.5. The van der Waals surface area contributed by atoms with Crippen LogP contribution in [-0.4, -0.2) is 209 Å². The summed E-state index contributed by atoms with van der Waals surface area (Å²) in [6.45, 7) is 3.26. The van der Waals surface area contributed by atoms with Gasteiger partial charge in [-0.05, 0) is 33.1 Å². The number of rotatable bonds is 22. The molecule has 0 radical (unpaired) electrons. The monoisotopic (exact) mass is 860 g/mol. The highest BCUT2D eigenvalue weighted by Gasteiger charge is 2.55. The Balaban J connectivity index is 1.49. The smallest absolute Gasteiger partial charge is 0.303 e. The number of carboxylic acids is 1. The molecule has 0 aromatic heterocycles. The topological polar surface area (TPSA) is 334 Å². The summed E-state index contributed by atoms with van der Waals surface area (Å²) in [5.74, 6) is -0.807. The lowest BCUT2D eigenvalue weighted by molar-refractivity contribution is -0.400. The van der Waals surface area contributed by atoms with Crippen molar-refractivity contribution in [3.8, 4) is 0 Å². The van der Waals surface area contributed by atoms with Gasteiger partial charge < -0.3 is 99.2 Å². The molecule has 346 valence electrons. The van der Waals surface area contributed by atoms with Crippen molar-refractivity contribution in [3.63, 3.8) is 0 Å². The van der Waals surface area contributed by atoms with Crippen LogP contribution in [0.1, 0.15) is 91.4 Å². The summed E-state index contributed by atoms with van der Waals surface area (Å²) in [5, 5.41) is 126. The van der Waals surface area contributed by atoms with E-state index in [2.05, 4.69) is 0 Å². The van der Waals surface area contributed by atoms with Crippen LogP contribution in [0, 0.1) is 0 Å². The predicted octanol–water partition coefficient (Wildman–Crippen LogP) is -2.91. The van der Waals surface area contributed by atoms with E-state index in [1.54, 1.807) is 0 Å². The molecule has 0 bridgehead atoms. The molecule has 4 aliphatic rings. The molecule has 12 N–H and O–H groups in total. The SMILES string of the molecule is CCC[C@@H](CCCCCCCCCC(=O)O)O[C@@H]1O[C@H](CO)[C@@H](O)[C@H](O)[C@H]1O[C@@H]1O[C@H](CO)[C@@H](O)[C@H](O)[C@H]1O[C@@H]1O[C@@H](C)[C@H](O)[C@@H](O[C@@H]2O[C@@H](C)[C@H](O)[C@@H](O)[C@H]2O)[C@H]1O. The minimum Gasteiger partial charge on any atom is -0.481 e. The van der Waals surface area contributed by atoms with Gasteiger partial charge in [0, 0.05) is 6.42 Å². The van der Waals surface area contributed by atoms with E-state index in [4.69, 9.17) is 43.0 Å². The van der Waals surface area contributed by atoms with Gasteiger partial charge in [0.1, 0.15) is 85.5 Å². The molecule has 4 heterocycles. The normalized spacial score (nSPS) is 43.7. The average molecular weight is 861 g/mol. The van der Waals surface area contributed by atoms with Gasteiger partial charge in [0.15, 0.2) is 25.2 Å². The molecule has 0 unspecified atom stereocenters. The Hall–Kier alpha value is -1.29. The molecule has 0 aliphatic carbocycles. The average Bonchev–Trinajstić information content (AvgIpc) is 3.20. The van der Waals surface area contributed by atoms with Gasteiger partial charge in [0.25, 0.3) is 0 Å². The Bertz CT molecular complexity index is 1220. The van der Waals surface area contributed by atoms with Crippen LogP contribution in [0.25, 0.3) is 0 Å². The Labute approximate surface area is 343 Å². The first kappa shape index (κ1) is 50.4. The molecule has 0 aromatic rings. The van der Waals surface area contributed by atoms with Crippen LogP contribution in [0.3, 0.4) is 0 Å². The van der Waals surface area contributed by atoms with Crippen molar-refractivity contribution in [1.82, 2.24) is 0 Å². The second-order valence-electron chi connectivity index (χ2n) is 16.0. The number of hydrogen-bond acceptors (Lipinski definition) is 20. The maximum atomic E-state index is 11.4. The van der Waals surface area contributed by atoms with Gasteiger partial charge in [-0.15, -0.1) is 0 Å². The molecule has 4 saturated heterocycles. The number of unbranched alkanes of at least 4 members (excludes halogenated alkanes) is 6. The molecule has 0 saturated carbocycles. The minimum atomic E-state index is -1.91. The van der Waals surface area contributed by atoms with Crippen LogP contribution in [0.2, 0.25) is 0 Å². The molecule has 21 nitrogen and oxygen atoms in total. The highest BCUT2D eigenvalue weighted by atomic mass is 16.8. The molecule has 0 amide bonds. The highest BCUT2D eigenvalue weighted by Crippen LogP contribution is 2.35. The molecule has 0 spiro atoms. The molecule has 21 atom stereocenters. The molecule has 4 fully saturated rings. The van der Waals surface area contributed by atoms with Crippen molar-refractivity contribution in [2.75, 3.05) is 13.2 Å². The van der Waals surface area contributed by atoms with Gasteiger partial charge in [-0.3, -0.25) is 4.79 Å². The number of carbonyl (C=O) groups is 1. The summed E-state index contributed by atoms with van der Waals surface area (Å²) in [6.07, 6.45) is -24.6. The Morgan fingerprint density at radius 3 is 1.54 bits per heavy atom. The van der Waals surface area contributed by atoms with Gasteiger partial charge in [-0.25, -0.2) is 0 Å². The Morgan fingerprint density at radius 1 is 0.508 bits per heavy atom. The van der Waals surface area contributed by atoms with E-state index < -0.39 is 148 Å². The fourth-order valence-electron chi connectivity index (χ4n) is 7.81. The number of carboxylic acid groups (broad SMARTS) is 1. The van der Waals surface area contributed by atoms with Crippen molar-refractivity contribution in [2.24, 2.45) is 0 Å². The summed E-state index contributed by atoms with van der Waals surface area (Å²) in [7, 11) is 0. The summed E-state index contributed by atoms with van der Waals surface area (Å²) >= 11 is 0. The minimum absolute atomic E-state index is 0.152. The van der Waals surface area contributed by atoms with Crippen LogP contribution in [0.5, 0.6) is 0 Å². The second kappa shape index (κ2) is 24.0. The van der Waals surface area contributed by atoms with Crippen molar-refractivity contribution >= 4 is 5.97 Å². The first-order valence-corrected chi connectivity index (χ1v) is 20.8. The van der Waals surface area contributed by atoms with Gasteiger partial charge >= 0.3 is 5.97 Å². The number of hydrogen-bond donors (Lipinski definition) is 12.